The van der Waals surface area contributed by atoms with E-state index in [4.69, 9.17) is 5.73 Å². The lowest BCUT2D eigenvalue weighted by Crippen LogP contribution is -2.53. The van der Waals surface area contributed by atoms with Crippen molar-refractivity contribution in [2.45, 2.75) is 31.7 Å². The number of hydrogen-bond acceptors (Lipinski definition) is 5. The third-order valence-electron chi connectivity index (χ3n) is 6.85. The molecule has 2 aliphatic heterocycles. The van der Waals surface area contributed by atoms with E-state index in [0.29, 0.717) is 23.6 Å². The van der Waals surface area contributed by atoms with E-state index in [0.717, 1.165) is 16.0 Å². The lowest BCUT2D eigenvalue weighted by Gasteiger charge is -2.26. The maximum Gasteiger partial charge on any atom is 0.273 e. The first-order chi connectivity index (χ1) is 18.0. The highest BCUT2D eigenvalue weighted by Crippen LogP contribution is 2.39. The second-order valence-electron chi connectivity index (χ2n) is 9.30. The third kappa shape index (κ3) is 3.68. The molecule has 0 bridgehead atoms. The van der Waals surface area contributed by atoms with E-state index in [1.165, 1.54) is 25.1 Å². The second-order valence-corrected chi connectivity index (χ2v) is 9.30. The number of rotatable bonds is 6. The normalized spacial score (nSPS) is 19.2. The maximum atomic E-state index is 14.0. The van der Waals surface area contributed by atoms with Gasteiger partial charge in [0.2, 0.25) is 5.91 Å². The molecule has 2 aliphatic rings. The molecule has 0 aliphatic carbocycles. The van der Waals surface area contributed by atoms with E-state index in [1.807, 2.05) is 0 Å². The van der Waals surface area contributed by atoms with Crippen LogP contribution in [0.2, 0.25) is 0 Å². The molecule has 0 aromatic heterocycles. The van der Waals surface area contributed by atoms with Crippen molar-refractivity contribution in [3.63, 3.8) is 0 Å². The van der Waals surface area contributed by atoms with Crippen LogP contribution in [0.3, 0.4) is 0 Å². The Kier molecular flexibility index (Phi) is 5.70. The Morgan fingerprint density at radius 1 is 0.947 bits per heavy atom. The molecule has 8 nitrogen and oxygen atoms in total. The van der Waals surface area contributed by atoms with Gasteiger partial charge in [0.1, 0.15) is 0 Å². The minimum absolute atomic E-state index is 0.0139. The number of imide groups is 1. The molecule has 1 unspecified atom stereocenters. The van der Waals surface area contributed by atoms with Crippen LogP contribution >= 0.6 is 0 Å². The molecule has 10 heteroatoms. The van der Waals surface area contributed by atoms with E-state index in [2.05, 4.69) is 5.10 Å². The van der Waals surface area contributed by atoms with Gasteiger partial charge in [-0.3, -0.25) is 24.1 Å². The van der Waals surface area contributed by atoms with Gasteiger partial charge in [-0.1, -0.05) is 42.5 Å². The van der Waals surface area contributed by atoms with Crippen molar-refractivity contribution in [1.29, 1.82) is 0 Å². The fraction of sp³-hybridized carbons (Fsp3) is 0.179. The topological polar surface area (TPSA) is 113 Å². The minimum Gasteiger partial charge on any atom is -0.368 e. The van der Waals surface area contributed by atoms with E-state index < -0.39 is 35.0 Å². The van der Waals surface area contributed by atoms with Crippen molar-refractivity contribution in [3.8, 4) is 0 Å². The average molecular weight is 517 g/mol. The zero-order chi connectivity index (χ0) is 27.4. The largest absolute Gasteiger partial charge is 0.368 e. The minimum atomic E-state index is -3.21. The van der Waals surface area contributed by atoms with E-state index >= 15 is 0 Å². The summed E-state index contributed by atoms with van der Waals surface area (Å²) in [4.78, 5) is 53.2. The van der Waals surface area contributed by atoms with Crippen molar-refractivity contribution in [3.05, 3.63) is 101 Å². The van der Waals surface area contributed by atoms with Gasteiger partial charge < -0.3 is 5.73 Å². The molecule has 5 rings (SSSR count). The molecule has 192 valence electrons. The van der Waals surface area contributed by atoms with Crippen LogP contribution in [-0.2, 0) is 27.5 Å². The summed E-state index contributed by atoms with van der Waals surface area (Å²) < 4.78 is 28.1. The zero-order valence-corrected chi connectivity index (χ0v) is 20.4. The number of fused-ring (bicyclic) bond motifs is 1. The summed E-state index contributed by atoms with van der Waals surface area (Å²) in [6, 6.07) is 17.9. The molecule has 1 atom stereocenters. The Labute approximate surface area is 216 Å². The number of alkyl halides is 2. The summed E-state index contributed by atoms with van der Waals surface area (Å²) in [5.41, 5.74) is 4.68. The van der Waals surface area contributed by atoms with Gasteiger partial charge in [0, 0.05) is 12.5 Å². The molecule has 2 N–H and O–H groups in total. The number of carbonyl (C=O) groups excluding carboxylic acids is 4. The fourth-order valence-corrected chi connectivity index (χ4v) is 4.89. The van der Waals surface area contributed by atoms with Crippen LogP contribution < -0.4 is 10.7 Å². The van der Waals surface area contributed by atoms with Crippen LogP contribution in [0.15, 0.2) is 77.9 Å². The van der Waals surface area contributed by atoms with Crippen molar-refractivity contribution < 1.29 is 28.0 Å². The van der Waals surface area contributed by atoms with Gasteiger partial charge in [-0.05, 0) is 48.4 Å². The SMILES string of the molecule is CC1=NN(c2cccc(CN3C(=O)c4ccccc4C3=O)c2)C(=O)C1(C(N)=O)c1cccc(C(C)(F)F)c1. The molecule has 2 heterocycles. The van der Waals surface area contributed by atoms with Gasteiger partial charge in [-0.15, -0.1) is 0 Å². The molecule has 4 amide bonds. The highest BCUT2D eigenvalue weighted by molar-refractivity contribution is 6.35. The Hall–Kier alpha value is -4.73. The smallest absolute Gasteiger partial charge is 0.273 e. The van der Waals surface area contributed by atoms with E-state index in [1.54, 1.807) is 48.5 Å². The van der Waals surface area contributed by atoms with Gasteiger partial charge in [0.15, 0.2) is 5.41 Å². The summed E-state index contributed by atoms with van der Waals surface area (Å²) in [6.45, 7) is 2.09. The van der Waals surface area contributed by atoms with Gasteiger partial charge >= 0.3 is 0 Å². The number of nitrogens with zero attached hydrogens (tertiary/aromatic N) is 3. The Morgan fingerprint density at radius 2 is 1.58 bits per heavy atom. The van der Waals surface area contributed by atoms with Gasteiger partial charge in [-0.25, -0.2) is 8.78 Å². The summed E-state index contributed by atoms with van der Waals surface area (Å²) in [6.07, 6.45) is 0. The predicted octanol–water partition coefficient (Wildman–Crippen LogP) is 3.74. The van der Waals surface area contributed by atoms with Crippen molar-refractivity contribution in [2.75, 3.05) is 5.01 Å². The Morgan fingerprint density at radius 3 is 2.18 bits per heavy atom. The summed E-state index contributed by atoms with van der Waals surface area (Å²) in [5.74, 6) is -5.94. The number of anilines is 1. The van der Waals surface area contributed by atoms with Crippen molar-refractivity contribution >= 4 is 35.0 Å². The predicted molar refractivity (Wildman–Crippen MR) is 135 cm³/mol. The summed E-state index contributed by atoms with van der Waals surface area (Å²) in [5, 5.41) is 5.27. The molecule has 0 fully saturated rings. The number of nitrogens with two attached hydrogens (primary N) is 1. The van der Waals surface area contributed by atoms with Crippen molar-refractivity contribution in [1.82, 2.24) is 4.90 Å². The number of hydrazone groups is 1. The number of primary amides is 1. The first-order valence-corrected chi connectivity index (χ1v) is 11.7. The summed E-state index contributed by atoms with van der Waals surface area (Å²) >= 11 is 0. The molecule has 0 saturated carbocycles. The molecule has 0 radical (unpaired) electrons. The quantitative estimate of drug-likeness (QED) is 0.397. The molecule has 0 saturated heterocycles. The Bertz CT molecular complexity index is 1530. The lowest BCUT2D eigenvalue weighted by molar-refractivity contribution is -0.130. The number of benzene rings is 3. The standard InChI is InChI=1S/C28H22F2N4O4/c1-16-28(25(31)37,19-9-6-8-18(14-19)27(2,29)30)26(38)34(32-16)20-10-5-7-17(13-20)15-33-23(35)21-11-3-4-12-22(21)24(33)36/h3-14H,15H2,1-2H3,(H2,31,37). The Balaban J connectivity index is 1.49. The van der Waals surface area contributed by atoms with E-state index in [-0.39, 0.29) is 29.1 Å². The van der Waals surface area contributed by atoms with Gasteiger partial charge in [0.25, 0.3) is 23.6 Å². The van der Waals surface area contributed by atoms with Gasteiger partial charge in [-0.2, -0.15) is 10.1 Å². The molecular formula is C28H22F2N4O4. The molecule has 3 aromatic rings. The monoisotopic (exact) mass is 516 g/mol. The average Bonchev–Trinajstić information content (AvgIpc) is 3.29. The van der Waals surface area contributed by atoms with Crippen LogP contribution in [0.25, 0.3) is 0 Å². The van der Waals surface area contributed by atoms with Crippen LogP contribution in [0.4, 0.5) is 14.5 Å². The maximum absolute atomic E-state index is 14.0. The van der Waals surface area contributed by atoms with Crippen LogP contribution in [0.1, 0.15) is 51.3 Å². The van der Waals surface area contributed by atoms with Crippen LogP contribution in [-0.4, -0.2) is 34.2 Å². The molecule has 0 spiro atoms. The van der Waals surface area contributed by atoms with Crippen LogP contribution in [0, 0.1) is 0 Å². The van der Waals surface area contributed by atoms with Crippen molar-refractivity contribution in [2.24, 2.45) is 10.8 Å². The lowest BCUT2D eigenvalue weighted by atomic mass is 9.75. The van der Waals surface area contributed by atoms with E-state index in [9.17, 15) is 28.0 Å². The number of halogens is 2. The molecule has 3 aromatic carbocycles. The fourth-order valence-electron chi connectivity index (χ4n) is 4.89. The van der Waals surface area contributed by atoms with Gasteiger partial charge in [0.05, 0.1) is 29.1 Å². The number of hydrogen-bond donors (Lipinski definition) is 1. The molecule has 38 heavy (non-hydrogen) atoms. The molecular weight excluding hydrogens is 494 g/mol. The highest BCUT2D eigenvalue weighted by atomic mass is 19.3. The van der Waals surface area contributed by atoms with Crippen LogP contribution in [0.5, 0.6) is 0 Å². The first-order valence-electron chi connectivity index (χ1n) is 11.7. The second kappa shape index (κ2) is 8.69. The number of carbonyl (C=O) groups is 4. The highest BCUT2D eigenvalue weighted by Gasteiger charge is 2.56. The third-order valence-corrected chi connectivity index (χ3v) is 6.85. The number of amides is 4. The first kappa shape index (κ1) is 24.9. The zero-order valence-electron chi connectivity index (χ0n) is 20.4. The summed E-state index contributed by atoms with van der Waals surface area (Å²) in [7, 11) is 0.